The molecule has 0 fully saturated rings. The van der Waals surface area contributed by atoms with Gasteiger partial charge in [-0.25, -0.2) is 4.79 Å². The van der Waals surface area contributed by atoms with Crippen LogP contribution in [0.3, 0.4) is 0 Å². The van der Waals surface area contributed by atoms with E-state index in [-0.39, 0.29) is 35.5 Å². The lowest BCUT2D eigenvalue weighted by molar-refractivity contribution is -0.0505. The Morgan fingerprint density at radius 3 is 2.58 bits per heavy atom. The number of nitriles is 1. The highest BCUT2D eigenvalue weighted by molar-refractivity contribution is 5.94. The molecule has 0 unspecified atom stereocenters. The molecule has 0 N–H and O–H groups in total. The highest BCUT2D eigenvalue weighted by Crippen LogP contribution is 2.28. The molecular weight excluding hydrogens is 256 g/mol. The molecule has 1 rings (SSSR count). The molecule has 0 radical (unpaired) electrons. The fraction of sp³-hybridized carbons (Fsp3) is 0.385. The number of hydrogen-bond donors (Lipinski definition) is 0. The Morgan fingerprint density at radius 2 is 2.11 bits per heavy atom. The van der Waals surface area contributed by atoms with Gasteiger partial charge in [-0.05, 0) is 25.5 Å². The molecule has 0 aliphatic rings. The van der Waals surface area contributed by atoms with E-state index in [2.05, 4.69) is 4.74 Å². The molecule has 1 aromatic carbocycles. The fourth-order valence-corrected chi connectivity index (χ4v) is 1.72. The molecule has 0 saturated carbocycles. The number of rotatable bonds is 5. The van der Waals surface area contributed by atoms with E-state index in [1.54, 1.807) is 13.8 Å². The minimum Gasteiger partial charge on any atom is -0.462 e. The predicted octanol–water partition coefficient (Wildman–Crippen LogP) is 2.90. The Labute approximate surface area is 109 Å². The molecule has 0 spiro atoms. The maximum Gasteiger partial charge on any atom is 0.387 e. The van der Waals surface area contributed by atoms with Gasteiger partial charge in [0, 0.05) is 5.56 Å². The van der Waals surface area contributed by atoms with Crippen molar-refractivity contribution in [1.29, 1.82) is 5.26 Å². The topological polar surface area (TPSA) is 59.3 Å². The molecule has 4 nitrogen and oxygen atoms in total. The van der Waals surface area contributed by atoms with Gasteiger partial charge >= 0.3 is 12.6 Å². The number of carbonyl (C=O) groups is 1. The van der Waals surface area contributed by atoms with Gasteiger partial charge in [0.1, 0.15) is 11.8 Å². The van der Waals surface area contributed by atoms with Crippen LogP contribution in [-0.2, 0) is 11.2 Å². The van der Waals surface area contributed by atoms with Crippen LogP contribution in [0.4, 0.5) is 8.78 Å². The molecule has 19 heavy (non-hydrogen) atoms. The van der Waals surface area contributed by atoms with E-state index in [0.717, 1.165) is 0 Å². The molecule has 0 saturated heterocycles. The van der Waals surface area contributed by atoms with Gasteiger partial charge in [-0.2, -0.15) is 14.0 Å². The first-order valence-corrected chi connectivity index (χ1v) is 5.73. The number of carbonyl (C=O) groups excluding carboxylic acids is 1. The van der Waals surface area contributed by atoms with Crippen molar-refractivity contribution in [2.24, 2.45) is 0 Å². The molecule has 1 aromatic rings. The van der Waals surface area contributed by atoms with Crippen LogP contribution in [0.5, 0.6) is 5.75 Å². The summed E-state index contributed by atoms with van der Waals surface area (Å²) in [5.74, 6) is -0.824. The normalized spacial score (nSPS) is 10.1. The summed E-state index contributed by atoms with van der Waals surface area (Å²) in [6.07, 6.45) is 0.270. The number of alkyl halides is 2. The van der Waals surface area contributed by atoms with Gasteiger partial charge in [-0.3, -0.25) is 0 Å². The van der Waals surface area contributed by atoms with Gasteiger partial charge in [0.2, 0.25) is 0 Å². The lowest BCUT2D eigenvalue weighted by Gasteiger charge is -2.14. The molecule has 0 atom stereocenters. The van der Waals surface area contributed by atoms with Crippen molar-refractivity contribution in [2.45, 2.75) is 26.9 Å². The third-order valence-electron chi connectivity index (χ3n) is 2.44. The lowest BCUT2D eigenvalue weighted by Crippen LogP contribution is -2.13. The average molecular weight is 269 g/mol. The van der Waals surface area contributed by atoms with Crippen LogP contribution in [-0.4, -0.2) is 19.2 Å². The highest BCUT2D eigenvalue weighted by Gasteiger charge is 2.22. The summed E-state index contributed by atoms with van der Waals surface area (Å²) < 4.78 is 33.8. The van der Waals surface area contributed by atoms with Crippen LogP contribution < -0.4 is 4.74 Å². The summed E-state index contributed by atoms with van der Waals surface area (Å²) in [7, 11) is 0. The molecule has 6 heteroatoms. The van der Waals surface area contributed by atoms with E-state index in [0.29, 0.717) is 0 Å². The maximum atomic E-state index is 12.3. The van der Waals surface area contributed by atoms with E-state index < -0.39 is 12.6 Å². The zero-order valence-corrected chi connectivity index (χ0v) is 10.6. The Morgan fingerprint density at radius 1 is 1.42 bits per heavy atom. The molecule has 0 heterocycles. The van der Waals surface area contributed by atoms with Gasteiger partial charge < -0.3 is 9.47 Å². The lowest BCUT2D eigenvalue weighted by atomic mass is 9.98. The Bertz CT molecular complexity index is 509. The SMILES string of the molecule is CCOC(=O)c1c(C#N)ccc(OC(F)F)c1CC. The number of benzene rings is 1. The maximum absolute atomic E-state index is 12.3. The first-order chi connectivity index (χ1) is 9.04. The Balaban J connectivity index is 3.38. The number of hydrogen-bond acceptors (Lipinski definition) is 4. The summed E-state index contributed by atoms with van der Waals surface area (Å²) in [4.78, 5) is 11.8. The van der Waals surface area contributed by atoms with Crippen molar-refractivity contribution in [3.8, 4) is 11.8 Å². The minimum atomic E-state index is -2.99. The van der Waals surface area contributed by atoms with E-state index in [9.17, 15) is 13.6 Å². The molecule has 0 amide bonds. The van der Waals surface area contributed by atoms with E-state index in [4.69, 9.17) is 10.00 Å². The third kappa shape index (κ3) is 3.41. The number of esters is 1. The van der Waals surface area contributed by atoms with E-state index >= 15 is 0 Å². The van der Waals surface area contributed by atoms with Crippen molar-refractivity contribution in [1.82, 2.24) is 0 Å². The second-order valence-electron chi connectivity index (χ2n) is 3.53. The smallest absolute Gasteiger partial charge is 0.387 e. The van der Waals surface area contributed by atoms with Crippen molar-refractivity contribution < 1.29 is 23.0 Å². The molecule has 0 aromatic heterocycles. The van der Waals surface area contributed by atoms with Crippen LogP contribution >= 0.6 is 0 Å². The third-order valence-corrected chi connectivity index (χ3v) is 2.44. The van der Waals surface area contributed by atoms with Crippen molar-refractivity contribution >= 4 is 5.97 Å². The van der Waals surface area contributed by atoms with Crippen LogP contribution in [0, 0.1) is 11.3 Å². The van der Waals surface area contributed by atoms with Crippen LogP contribution in [0.15, 0.2) is 12.1 Å². The molecule has 0 aliphatic heterocycles. The van der Waals surface area contributed by atoms with Crippen molar-refractivity contribution in [2.75, 3.05) is 6.61 Å². The van der Waals surface area contributed by atoms with Crippen molar-refractivity contribution in [3.63, 3.8) is 0 Å². The number of halogens is 2. The van der Waals surface area contributed by atoms with Gasteiger partial charge in [-0.1, -0.05) is 6.92 Å². The van der Waals surface area contributed by atoms with E-state index in [1.165, 1.54) is 12.1 Å². The fourth-order valence-electron chi connectivity index (χ4n) is 1.72. The summed E-state index contributed by atoms with van der Waals surface area (Å²) in [5, 5.41) is 8.98. The zero-order chi connectivity index (χ0) is 14.4. The van der Waals surface area contributed by atoms with Crippen LogP contribution in [0.1, 0.15) is 35.3 Å². The summed E-state index contributed by atoms with van der Waals surface area (Å²) >= 11 is 0. The molecule has 0 bridgehead atoms. The van der Waals surface area contributed by atoms with Crippen LogP contribution in [0.2, 0.25) is 0 Å². The van der Waals surface area contributed by atoms with Crippen molar-refractivity contribution in [3.05, 3.63) is 28.8 Å². The largest absolute Gasteiger partial charge is 0.462 e. The number of nitrogens with zero attached hydrogens (tertiary/aromatic N) is 1. The standard InChI is InChI=1S/C13H13F2NO3/c1-3-9-10(19-13(14)15)6-5-8(7-16)11(9)12(17)18-4-2/h5-6,13H,3-4H2,1-2H3. The van der Waals surface area contributed by atoms with Gasteiger partial charge in [-0.15, -0.1) is 0 Å². The van der Waals surface area contributed by atoms with Gasteiger partial charge in [0.15, 0.2) is 0 Å². The zero-order valence-electron chi connectivity index (χ0n) is 10.6. The Hall–Kier alpha value is -2.16. The first-order valence-electron chi connectivity index (χ1n) is 5.73. The molecule has 0 aliphatic carbocycles. The van der Waals surface area contributed by atoms with Crippen LogP contribution in [0.25, 0.3) is 0 Å². The molecule has 102 valence electrons. The second kappa shape index (κ2) is 6.69. The number of ether oxygens (including phenoxy) is 2. The predicted molar refractivity (Wildman–Crippen MR) is 63.1 cm³/mol. The second-order valence-corrected chi connectivity index (χ2v) is 3.53. The van der Waals surface area contributed by atoms with Gasteiger partial charge in [0.25, 0.3) is 0 Å². The summed E-state index contributed by atoms with van der Waals surface area (Å²) in [6, 6.07) is 4.37. The minimum absolute atomic E-state index is 0.00926. The summed E-state index contributed by atoms with van der Waals surface area (Å²) in [5.41, 5.74) is 0.319. The molecular formula is C13H13F2NO3. The van der Waals surface area contributed by atoms with Gasteiger partial charge in [0.05, 0.1) is 17.7 Å². The summed E-state index contributed by atoms with van der Waals surface area (Å²) in [6.45, 7) is 0.438. The average Bonchev–Trinajstić information content (AvgIpc) is 2.37. The van der Waals surface area contributed by atoms with E-state index in [1.807, 2.05) is 6.07 Å². The quantitative estimate of drug-likeness (QED) is 0.771. The Kier molecular flexibility index (Phi) is 5.24. The monoisotopic (exact) mass is 269 g/mol. The highest BCUT2D eigenvalue weighted by atomic mass is 19.3. The first kappa shape index (κ1) is 14.9.